The molecule has 1 heterocycles. The van der Waals surface area contributed by atoms with Gasteiger partial charge in [-0.2, -0.15) is 0 Å². The summed E-state index contributed by atoms with van der Waals surface area (Å²) in [6.07, 6.45) is 2.20. The highest BCUT2D eigenvalue weighted by Crippen LogP contribution is 2.17. The maximum Gasteiger partial charge on any atom is 0.255 e. The number of hydrogen-bond donors (Lipinski definition) is 1. The summed E-state index contributed by atoms with van der Waals surface area (Å²) in [6, 6.07) is 6.98. The Morgan fingerprint density at radius 1 is 1.38 bits per heavy atom. The first-order valence-corrected chi connectivity index (χ1v) is 7.30. The van der Waals surface area contributed by atoms with Crippen LogP contribution in [0.2, 0.25) is 0 Å². The first-order chi connectivity index (χ1) is 10.1. The van der Waals surface area contributed by atoms with Crippen molar-refractivity contribution in [2.75, 3.05) is 26.7 Å². The third-order valence-electron chi connectivity index (χ3n) is 3.76. The standard InChI is InChI=1S/C16H22N2O3/c1-12-6-5-9-18(11-12)15(19)10-17-16(20)13-7-3-4-8-14(13)21-2/h3-4,7-8,12H,5-6,9-11H2,1-2H3,(H,17,20). The Labute approximate surface area is 125 Å². The van der Waals surface area contributed by atoms with Gasteiger partial charge in [0, 0.05) is 13.1 Å². The molecule has 5 nitrogen and oxygen atoms in total. The molecule has 0 aromatic heterocycles. The molecule has 1 saturated heterocycles. The number of amides is 2. The van der Waals surface area contributed by atoms with Crippen LogP contribution in [0.1, 0.15) is 30.1 Å². The van der Waals surface area contributed by atoms with E-state index in [4.69, 9.17) is 4.74 Å². The second kappa shape index (κ2) is 7.11. The maximum absolute atomic E-state index is 12.1. The summed E-state index contributed by atoms with van der Waals surface area (Å²) < 4.78 is 5.15. The smallest absolute Gasteiger partial charge is 0.255 e. The SMILES string of the molecule is COc1ccccc1C(=O)NCC(=O)N1CCCC(C)C1. The number of nitrogens with one attached hydrogen (secondary N) is 1. The minimum atomic E-state index is -0.286. The van der Waals surface area contributed by atoms with Crippen molar-refractivity contribution in [2.45, 2.75) is 19.8 Å². The number of piperidine rings is 1. The zero-order chi connectivity index (χ0) is 15.2. The highest BCUT2D eigenvalue weighted by molar-refractivity contribution is 5.98. The van der Waals surface area contributed by atoms with Gasteiger partial charge < -0.3 is 15.0 Å². The highest BCUT2D eigenvalue weighted by atomic mass is 16.5. The third kappa shape index (κ3) is 3.97. The van der Waals surface area contributed by atoms with E-state index < -0.39 is 0 Å². The number of carbonyl (C=O) groups is 2. The Kier molecular flexibility index (Phi) is 5.20. The van der Waals surface area contributed by atoms with Gasteiger partial charge in [-0.25, -0.2) is 0 Å². The van der Waals surface area contributed by atoms with E-state index in [2.05, 4.69) is 12.2 Å². The first kappa shape index (κ1) is 15.4. The summed E-state index contributed by atoms with van der Waals surface area (Å²) in [5, 5.41) is 2.68. The van der Waals surface area contributed by atoms with E-state index in [1.54, 1.807) is 24.3 Å². The van der Waals surface area contributed by atoms with Gasteiger partial charge in [0.2, 0.25) is 5.91 Å². The number of carbonyl (C=O) groups excluding carboxylic acids is 2. The second-order valence-electron chi connectivity index (χ2n) is 5.47. The van der Waals surface area contributed by atoms with Gasteiger partial charge in [0.1, 0.15) is 5.75 Å². The van der Waals surface area contributed by atoms with Gasteiger partial charge in [-0.15, -0.1) is 0 Å². The van der Waals surface area contributed by atoms with Crippen LogP contribution in [0.15, 0.2) is 24.3 Å². The van der Waals surface area contributed by atoms with Crippen molar-refractivity contribution in [3.63, 3.8) is 0 Å². The quantitative estimate of drug-likeness (QED) is 0.918. The molecule has 0 spiro atoms. The van der Waals surface area contributed by atoms with Crippen LogP contribution in [-0.2, 0) is 4.79 Å². The fourth-order valence-corrected chi connectivity index (χ4v) is 2.61. The molecule has 114 valence electrons. The number of ether oxygens (including phenoxy) is 1. The van der Waals surface area contributed by atoms with Crippen LogP contribution < -0.4 is 10.1 Å². The molecule has 1 aliphatic rings. The molecule has 1 fully saturated rings. The fourth-order valence-electron chi connectivity index (χ4n) is 2.61. The Balaban J connectivity index is 1.90. The zero-order valence-corrected chi connectivity index (χ0v) is 12.6. The Hall–Kier alpha value is -2.04. The molecule has 1 aliphatic heterocycles. The van der Waals surface area contributed by atoms with Crippen molar-refractivity contribution in [3.8, 4) is 5.75 Å². The van der Waals surface area contributed by atoms with Gasteiger partial charge >= 0.3 is 0 Å². The van der Waals surface area contributed by atoms with E-state index in [-0.39, 0.29) is 18.4 Å². The van der Waals surface area contributed by atoms with Crippen molar-refractivity contribution >= 4 is 11.8 Å². The van der Waals surface area contributed by atoms with Crippen molar-refractivity contribution in [2.24, 2.45) is 5.92 Å². The summed E-state index contributed by atoms with van der Waals surface area (Å²) >= 11 is 0. The Bertz CT molecular complexity index is 516. The van der Waals surface area contributed by atoms with Gasteiger partial charge in [-0.05, 0) is 30.9 Å². The van der Waals surface area contributed by atoms with E-state index in [9.17, 15) is 9.59 Å². The summed E-state index contributed by atoms with van der Waals surface area (Å²) in [5.41, 5.74) is 0.444. The van der Waals surface area contributed by atoms with Crippen molar-refractivity contribution < 1.29 is 14.3 Å². The topological polar surface area (TPSA) is 58.6 Å². The number of methoxy groups -OCH3 is 1. The number of para-hydroxylation sites is 1. The molecule has 21 heavy (non-hydrogen) atoms. The van der Waals surface area contributed by atoms with E-state index in [1.165, 1.54) is 7.11 Å². The van der Waals surface area contributed by atoms with Crippen LogP contribution in [0.3, 0.4) is 0 Å². The lowest BCUT2D eigenvalue weighted by molar-refractivity contribution is -0.131. The summed E-state index contributed by atoms with van der Waals surface area (Å²) in [5.74, 6) is 0.734. The highest BCUT2D eigenvalue weighted by Gasteiger charge is 2.21. The molecule has 1 aromatic rings. The number of hydrogen-bond acceptors (Lipinski definition) is 3. The molecular weight excluding hydrogens is 268 g/mol. The van der Waals surface area contributed by atoms with Gasteiger partial charge in [0.25, 0.3) is 5.91 Å². The number of rotatable bonds is 4. The Morgan fingerprint density at radius 2 is 2.14 bits per heavy atom. The third-order valence-corrected chi connectivity index (χ3v) is 3.76. The fraction of sp³-hybridized carbons (Fsp3) is 0.500. The largest absolute Gasteiger partial charge is 0.496 e. The molecule has 0 aliphatic carbocycles. The van der Waals surface area contributed by atoms with Crippen molar-refractivity contribution in [1.82, 2.24) is 10.2 Å². The molecule has 0 bridgehead atoms. The molecule has 5 heteroatoms. The van der Waals surface area contributed by atoms with Crippen LogP contribution >= 0.6 is 0 Å². The lowest BCUT2D eigenvalue weighted by Crippen LogP contribution is -2.44. The summed E-state index contributed by atoms with van der Waals surface area (Å²) in [6.45, 7) is 3.74. The van der Waals surface area contributed by atoms with E-state index >= 15 is 0 Å². The van der Waals surface area contributed by atoms with Gasteiger partial charge in [-0.3, -0.25) is 9.59 Å². The van der Waals surface area contributed by atoms with E-state index in [0.717, 1.165) is 25.9 Å². The maximum atomic E-state index is 12.1. The van der Waals surface area contributed by atoms with E-state index in [1.807, 2.05) is 4.90 Å². The van der Waals surface area contributed by atoms with Gasteiger partial charge in [0.15, 0.2) is 0 Å². The molecule has 2 amide bonds. The first-order valence-electron chi connectivity index (χ1n) is 7.30. The lowest BCUT2D eigenvalue weighted by atomic mass is 10.0. The predicted octanol–water partition coefficient (Wildman–Crippen LogP) is 1.68. The summed E-state index contributed by atoms with van der Waals surface area (Å²) in [4.78, 5) is 26.1. The molecule has 1 atom stereocenters. The van der Waals surface area contributed by atoms with Crippen LogP contribution in [0, 0.1) is 5.92 Å². The van der Waals surface area contributed by atoms with Gasteiger partial charge in [0.05, 0.1) is 19.2 Å². The predicted molar refractivity (Wildman–Crippen MR) is 80.3 cm³/mol. The zero-order valence-electron chi connectivity index (χ0n) is 12.6. The molecule has 0 radical (unpaired) electrons. The molecule has 1 unspecified atom stereocenters. The number of likely N-dealkylation sites (tertiary alicyclic amines) is 1. The van der Waals surface area contributed by atoms with Crippen LogP contribution in [0.25, 0.3) is 0 Å². The van der Waals surface area contributed by atoms with E-state index in [0.29, 0.717) is 17.2 Å². The van der Waals surface area contributed by atoms with Crippen molar-refractivity contribution in [3.05, 3.63) is 29.8 Å². The minimum Gasteiger partial charge on any atom is -0.496 e. The number of nitrogens with zero attached hydrogens (tertiary/aromatic N) is 1. The minimum absolute atomic E-state index is 0.0233. The molecule has 1 N–H and O–H groups in total. The van der Waals surface area contributed by atoms with Gasteiger partial charge in [-0.1, -0.05) is 19.1 Å². The molecule has 1 aromatic carbocycles. The van der Waals surface area contributed by atoms with Crippen LogP contribution in [-0.4, -0.2) is 43.5 Å². The Morgan fingerprint density at radius 3 is 2.86 bits per heavy atom. The van der Waals surface area contributed by atoms with Crippen molar-refractivity contribution in [1.29, 1.82) is 0 Å². The second-order valence-corrected chi connectivity index (χ2v) is 5.47. The molecule has 2 rings (SSSR count). The summed E-state index contributed by atoms with van der Waals surface area (Å²) in [7, 11) is 1.52. The normalized spacial score (nSPS) is 18.2. The molecule has 0 saturated carbocycles. The van der Waals surface area contributed by atoms with Crippen LogP contribution in [0.4, 0.5) is 0 Å². The monoisotopic (exact) mass is 290 g/mol. The molecular formula is C16H22N2O3. The number of benzene rings is 1. The average Bonchev–Trinajstić information content (AvgIpc) is 2.52. The lowest BCUT2D eigenvalue weighted by Gasteiger charge is -2.31. The average molecular weight is 290 g/mol. The van der Waals surface area contributed by atoms with Crippen LogP contribution in [0.5, 0.6) is 5.75 Å².